The number of ether oxygens (including phenoxy) is 1. The molecular weight excluding hydrogens is 352 g/mol. The number of carbonyl (C=O) groups is 1. The number of amides is 1. The molecule has 0 saturated carbocycles. The fourth-order valence-electron chi connectivity index (χ4n) is 2.50. The van der Waals surface area contributed by atoms with E-state index < -0.39 is 5.63 Å². The Morgan fingerprint density at radius 3 is 2.88 bits per heavy atom. The SMILES string of the molecule is O=C(COc1ccc2ccc(=O)oc2c1)NCc1nc2ccccc2s1. The van der Waals surface area contributed by atoms with Crippen molar-refractivity contribution in [2.75, 3.05) is 6.61 Å². The van der Waals surface area contributed by atoms with Crippen molar-refractivity contribution in [3.8, 4) is 5.75 Å². The molecule has 0 aliphatic rings. The van der Waals surface area contributed by atoms with Gasteiger partial charge < -0.3 is 14.5 Å². The molecule has 0 bridgehead atoms. The summed E-state index contributed by atoms with van der Waals surface area (Å²) in [6.07, 6.45) is 0. The Bertz CT molecular complexity index is 1120. The molecule has 0 unspecified atom stereocenters. The third-order valence-corrected chi connectivity index (χ3v) is 4.78. The summed E-state index contributed by atoms with van der Waals surface area (Å²) in [6, 6.07) is 16.0. The second kappa shape index (κ2) is 6.97. The predicted octanol–water partition coefficient (Wildman–Crippen LogP) is 3.10. The Kier molecular flexibility index (Phi) is 4.37. The lowest BCUT2D eigenvalue weighted by atomic mass is 10.2. The van der Waals surface area contributed by atoms with Crippen molar-refractivity contribution in [1.29, 1.82) is 0 Å². The molecule has 0 atom stereocenters. The molecule has 130 valence electrons. The molecule has 4 rings (SSSR count). The number of aromatic nitrogens is 1. The number of nitrogens with zero attached hydrogens (tertiary/aromatic N) is 1. The normalized spacial score (nSPS) is 10.9. The molecule has 0 spiro atoms. The van der Waals surface area contributed by atoms with Gasteiger partial charge in [0.15, 0.2) is 6.61 Å². The highest BCUT2D eigenvalue weighted by Gasteiger charge is 2.07. The molecule has 2 aromatic heterocycles. The van der Waals surface area contributed by atoms with Gasteiger partial charge in [-0.3, -0.25) is 4.79 Å². The van der Waals surface area contributed by atoms with Crippen LogP contribution in [0.1, 0.15) is 5.01 Å². The summed E-state index contributed by atoms with van der Waals surface area (Å²) >= 11 is 1.55. The summed E-state index contributed by atoms with van der Waals surface area (Å²) in [5.74, 6) is 0.209. The number of hydrogen-bond acceptors (Lipinski definition) is 6. The predicted molar refractivity (Wildman–Crippen MR) is 99.4 cm³/mol. The second-order valence-corrected chi connectivity index (χ2v) is 6.71. The Balaban J connectivity index is 1.35. The molecule has 4 aromatic rings. The van der Waals surface area contributed by atoms with E-state index >= 15 is 0 Å². The Morgan fingerprint density at radius 1 is 1.15 bits per heavy atom. The molecule has 7 heteroatoms. The van der Waals surface area contributed by atoms with E-state index in [2.05, 4.69) is 10.3 Å². The highest BCUT2D eigenvalue weighted by Crippen LogP contribution is 2.21. The van der Waals surface area contributed by atoms with Crippen molar-refractivity contribution in [1.82, 2.24) is 10.3 Å². The van der Waals surface area contributed by atoms with E-state index in [0.29, 0.717) is 17.9 Å². The summed E-state index contributed by atoms with van der Waals surface area (Å²) in [7, 11) is 0. The minimum Gasteiger partial charge on any atom is -0.484 e. The van der Waals surface area contributed by atoms with E-state index in [0.717, 1.165) is 20.6 Å². The van der Waals surface area contributed by atoms with Crippen LogP contribution in [0.3, 0.4) is 0 Å². The fourth-order valence-corrected chi connectivity index (χ4v) is 3.41. The molecule has 0 fully saturated rings. The zero-order valence-electron chi connectivity index (χ0n) is 13.6. The average Bonchev–Trinajstić information content (AvgIpc) is 3.07. The van der Waals surface area contributed by atoms with Gasteiger partial charge in [-0.15, -0.1) is 11.3 Å². The zero-order valence-corrected chi connectivity index (χ0v) is 14.4. The quantitative estimate of drug-likeness (QED) is 0.549. The number of fused-ring (bicyclic) bond motifs is 2. The zero-order chi connectivity index (χ0) is 17.9. The van der Waals surface area contributed by atoms with Gasteiger partial charge in [-0.1, -0.05) is 12.1 Å². The van der Waals surface area contributed by atoms with Gasteiger partial charge in [-0.25, -0.2) is 9.78 Å². The molecule has 2 aromatic carbocycles. The van der Waals surface area contributed by atoms with Gasteiger partial charge in [-0.2, -0.15) is 0 Å². The molecule has 2 heterocycles. The van der Waals surface area contributed by atoms with Crippen molar-refractivity contribution >= 4 is 38.4 Å². The van der Waals surface area contributed by atoms with Crippen molar-refractivity contribution in [2.24, 2.45) is 0 Å². The third-order valence-electron chi connectivity index (χ3n) is 3.74. The molecule has 0 saturated heterocycles. The van der Waals surface area contributed by atoms with E-state index in [1.807, 2.05) is 24.3 Å². The maximum Gasteiger partial charge on any atom is 0.336 e. The van der Waals surface area contributed by atoms with E-state index in [1.165, 1.54) is 6.07 Å². The van der Waals surface area contributed by atoms with Crippen LogP contribution in [0.15, 0.2) is 63.8 Å². The molecular formula is C19H14N2O4S. The largest absolute Gasteiger partial charge is 0.484 e. The van der Waals surface area contributed by atoms with Gasteiger partial charge in [0, 0.05) is 17.5 Å². The number of benzene rings is 2. The van der Waals surface area contributed by atoms with Crippen LogP contribution in [-0.4, -0.2) is 17.5 Å². The number of thiazole rings is 1. The minimum absolute atomic E-state index is 0.131. The van der Waals surface area contributed by atoms with Crippen LogP contribution in [0.2, 0.25) is 0 Å². The Labute approximate surface area is 152 Å². The van der Waals surface area contributed by atoms with Crippen LogP contribution in [-0.2, 0) is 11.3 Å². The summed E-state index contributed by atoms with van der Waals surface area (Å²) in [4.78, 5) is 27.7. The third kappa shape index (κ3) is 3.57. The lowest BCUT2D eigenvalue weighted by molar-refractivity contribution is -0.123. The molecule has 1 amide bonds. The van der Waals surface area contributed by atoms with Gasteiger partial charge in [0.05, 0.1) is 16.8 Å². The molecule has 6 nitrogen and oxygen atoms in total. The first-order valence-corrected chi connectivity index (χ1v) is 8.77. The Morgan fingerprint density at radius 2 is 2.00 bits per heavy atom. The summed E-state index contributed by atoms with van der Waals surface area (Å²) in [6.45, 7) is 0.224. The first-order chi connectivity index (χ1) is 12.7. The van der Waals surface area contributed by atoms with Gasteiger partial charge in [0.1, 0.15) is 16.3 Å². The molecule has 0 aliphatic carbocycles. The average molecular weight is 366 g/mol. The Hall–Kier alpha value is -3.19. The van der Waals surface area contributed by atoms with E-state index in [-0.39, 0.29) is 12.5 Å². The minimum atomic E-state index is -0.428. The van der Waals surface area contributed by atoms with E-state index in [9.17, 15) is 9.59 Å². The van der Waals surface area contributed by atoms with Gasteiger partial charge in [0.25, 0.3) is 5.91 Å². The first-order valence-electron chi connectivity index (χ1n) is 7.95. The standard InChI is InChI=1S/C19H14N2O4S/c22-17(20-10-18-21-14-3-1-2-4-16(14)26-18)11-24-13-7-5-12-6-8-19(23)25-15(12)9-13/h1-9H,10-11H2,(H,20,22). The number of para-hydroxylation sites is 1. The van der Waals surface area contributed by atoms with Gasteiger partial charge in [0.2, 0.25) is 0 Å². The number of rotatable bonds is 5. The molecule has 1 N–H and O–H groups in total. The van der Waals surface area contributed by atoms with Crippen LogP contribution in [0.25, 0.3) is 21.2 Å². The number of carbonyl (C=O) groups excluding carboxylic acids is 1. The van der Waals surface area contributed by atoms with E-state index in [4.69, 9.17) is 9.15 Å². The van der Waals surface area contributed by atoms with Crippen LogP contribution < -0.4 is 15.7 Å². The number of nitrogens with one attached hydrogen (secondary N) is 1. The summed E-state index contributed by atoms with van der Waals surface area (Å²) in [5.41, 5.74) is 0.920. The highest BCUT2D eigenvalue weighted by molar-refractivity contribution is 7.18. The van der Waals surface area contributed by atoms with Crippen molar-refractivity contribution in [3.05, 3.63) is 70.0 Å². The first kappa shape index (κ1) is 16.3. The van der Waals surface area contributed by atoms with Crippen LogP contribution in [0.4, 0.5) is 0 Å². The fraction of sp³-hybridized carbons (Fsp3) is 0.105. The number of hydrogen-bond donors (Lipinski definition) is 1. The topological polar surface area (TPSA) is 81.4 Å². The maximum atomic E-state index is 12.0. The van der Waals surface area contributed by atoms with E-state index in [1.54, 1.807) is 35.6 Å². The molecule has 0 aliphatic heterocycles. The van der Waals surface area contributed by atoms with Gasteiger partial charge in [-0.05, 0) is 30.3 Å². The monoisotopic (exact) mass is 366 g/mol. The highest BCUT2D eigenvalue weighted by atomic mass is 32.1. The van der Waals surface area contributed by atoms with Gasteiger partial charge >= 0.3 is 5.63 Å². The maximum absolute atomic E-state index is 12.0. The summed E-state index contributed by atoms with van der Waals surface area (Å²) in [5, 5.41) is 4.42. The second-order valence-electron chi connectivity index (χ2n) is 5.59. The smallest absolute Gasteiger partial charge is 0.336 e. The van der Waals surface area contributed by atoms with Crippen LogP contribution in [0.5, 0.6) is 5.75 Å². The lowest BCUT2D eigenvalue weighted by Gasteiger charge is -2.07. The van der Waals surface area contributed by atoms with Crippen LogP contribution in [0, 0.1) is 0 Å². The van der Waals surface area contributed by atoms with Crippen molar-refractivity contribution in [2.45, 2.75) is 6.54 Å². The summed E-state index contributed by atoms with van der Waals surface area (Å²) < 4.78 is 11.7. The molecule has 26 heavy (non-hydrogen) atoms. The van der Waals surface area contributed by atoms with Crippen molar-refractivity contribution in [3.63, 3.8) is 0 Å². The molecule has 0 radical (unpaired) electrons. The van der Waals surface area contributed by atoms with Crippen molar-refractivity contribution < 1.29 is 13.9 Å². The lowest BCUT2D eigenvalue weighted by Crippen LogP contribution is -2.28. The van der Waals surface area contributed by atoms with Crippen LogP contribution >= 0.6 is 11.3 Å².